The quantitative estimate of drug-likeness (QED) is 0.178. The number of nitrogens with zero attached hydrogens (tertiary/aromatic N) is 4. The van der Waals surface area contributed by atoms with Crippen molar-refractivity contribution >= 4 is 43.6 Å². The largest absolute Gasteiger partial charge is 0.417 e. The molecule has 9 rings (SSSR count). The Hall–Kier alpha value is -7.09. The third-order valence-electron chi connectivity index (χ3n) is 11.7. The second-order valence-corrected chi connectivity index (χ2v) is 17.6. The molecule has 2 aromatic heterocycles. The smallest absolute Gasteiger partial charge is 0.309 e. The Labute approximate surface area is 347 Å². The normalized spacial score (nSPS) is 12.4. The van der Waals surface area contributed by atoms with Crippen LogP contribution in [0.4, 0.5) is 13.2 Å². The fourth-order valence-electron chi connectivity index (χ4n) is 8.63. The lowest BCUT2D eigenvalue weighted by Gasteiger charge is -2.22. The van der Waals surface area contributed by atoms with Crippen LogP contribution >= 0.6 is 0 Å². The number of alkyl halides is 3. The van der Waals surface area contributed by atoms with E-state index in [1.807, 2.05) is 54.6 Å². The second-order valence-electron chi connectivity index (χ2n) is 17.6. The van der Waals surface area contributed by atoms with Crippen LogP contribution in [-0.2, 0) is 17.0 Å². The fourth-order valence-corrected chi connectivity index (χ4v) is 8.63. The maximum Gasteiger partial charge on any atom is 0.417 e. The molecule has 7 heteroatoms. The molecule has 9 aromatic rings. The monoisotopic (exact) mass is 790 g/mol. The summed E-state index contributed by atoms with van der Waals surface area (Å²) in [4.78, 5) is 0. The van der Waals surface area contributed by atoms with Gasteiger partial charge in [-0.15, -0.1) is 0 Å². The molecular weight excluding hydrogens is 750 g/mol. The summed E-state index contributed by atoms with van der Waals surface area (Å²) in [5, 5.41) is 24.2. The fraction of sp³-hybridized carbons (Fsp3) is 0.170. The molecule has 0 radical (unpaired) electrons. The van der Waals surface area contributed by atoms with Crippen LogP contribution in [-0.4, -0.2) is 9.13 Å². The predicted octanol–water partition coefficient (Wildman–Crippen LogP) is 14.6. The molecule has 0 N–H and O–H groups in total. The number of aromatic nitrogens is 2. The molecule has 2 heterocycles. The Kier molecular flexibility index (Phi) is 8.81. The summed E-state index contributed by atoms with van der Waals surface area (Å²) >= 11 is 0. The highest BCUT2D eigenvalue weighted by Gasteiger charge is 2.34. The first-order valence-electron chi connectivity index (χ1n) is 20.0. The van der Waals surface area contributed by atoms with E-state index in [1.165, 1.54) is 23.3 Å². The maximum absolute atomic E-state index is 14.8. The lowest BCUT2D eigenvalue weighted by Crippen LogP contribution is -2.10. The molecule has 0 saturated carbocycles. The van der Waals surface area contributed by atoms with Gasteiger partial charge in [-0.05, 0) is 112 Å². The Morgan fingerprint density at radius 2 is 0.883 bits per heavy atom. The van der Waals surface area contributed by atoms with Gasteiger partial charge in [0.25, 0.3) is 0 Å². The van der Waals surface area contributed by atoms with E-state index in [4.69, 9.17) is 0 Å². The van der Waals surface area contributed by atoms with Gasteiger partial charge in [-0.2, -0.15) is 23.7 Å². The first kappa shape index (κ1) is 38.4. The van der Waals surface area contributed by atoms with Gasteiger partial charge >= 0.3 is 6.18 Å². The number of fused-ring (bicyclic) bond motifs is 6. The summed E-state index contributed by atoms with van der Waals surface area (Å²) in [7, 11) is 0. The topological polar surface area (TPSA) is 57.4 Å². The van der Waals surface area contributed by atoms with Crippen molar-refractivity contribution < 1.29 is 13.2 Å². The highest BCUT2D eigenvalue weighted by molar-refractivity contribution is 6.12. The molecule has 4 nitrogen and oxygen atoms in total. The number of hydrogen-bond donors (Lipinski definition) is 0. The van der Waals surface area contributed by atoms with Crippen molar-refractivity contribution in [2.75, 3.05) is 0 Å². The van der Waals surface area contributed by atoms with Gasteiger partial charge in [0, 0.05) is 32.7 Å². The Morgan fingerprint density at radius 1 is 0.433 bits per heavy atom. The summed E-state index contributed by atoms with van der Waals surface area (Å²) in [5.41, 5.74) is 8.51. The van der Waals surface area contributed by atoms with Crippen molar-refractivity contribution in [3.8, 4) is 45.8 Å². The number of nitriles is 2. The first-order chi connectivity index (χ1) is 28.6. The zero-order valence-corrected chi connectivity index (χ0v) is 34.2. The SMILES string of the molecule is CC(C)(C)c1ccc2c(c1)c1ccccc1n2-c1ccc(C#N)cc1-c1cc(-c2ccc(C#N)cc2C(F)(F)F)ccc1-n1c2ccccc2c2cc(C(C)(C)C)ccc21. The van der Waals surface area contributed by atoms with Crippen molar-refractivity contribution in [1.82, 2.24) is 9.13 Å². The summed E-state index contributed by atoms with van der Waals surface area (Å²) in [6.07, 6.45) is -4.72. The van der Waals surface area contributed by atoms with Crippen LogP contribution in [0.25, 0.3) is 77.2 Å². The molecule has 0 aliphatic rings. The van der Waals surface area contributed by atoms with Crippen molar-refractivity contribution in [2.24, 2.45) is 0 Å². The minimum Gasteiger partial charge on any atom is -0.309 e. The predicted molar refractivity (Wildman–Crippen MR) is 238 cm³/mol. The molecule has 0 bridgehead atoms. The van der Waals surface area contributed by atoms with Crippen molar-refractivity contribution in [3.05, 3.63) is 167 Å². The van der Waals surface area contributed by atoms with Gasteiger partial charge in [0.1, 0.15) is 0 Å². The molecule has 0 fully saturated rings. The van der Waals surface area contributed by atoms with Gasteiger partial charge in [0.15, 0.2) is 0 Å². The van der Waals surface area contributed by atoms with E-state index in [9.17, 15) is 23.7 Å². The van der Waals surface area contributed by atoms with E-state index in [0.29, 0.717) is 22.3 Å². The van der Waals surface area contributed by atoms with E-state index in [-0.39, 0.29) is 22.0 Å². The van der Waals surface area contributed by atoms with Gasteiger partial charge in [0.05, 0.1) is 62.3 Å². The maximum atomic E-state index is 14.8. The number of benzene rings is 7. The minimum atomic E-state index is -4.72. The molecule has 0 atom stereocenters. The van der Waals surface area contributed by atoms with Gasteiger partial charge < -0.3 is 9.13 Å². The molecule has 0 spiro atoms. The molecular formula is C53H41F3N4. The molecule has 0 aliphatic carbocycles. The molecule has 60 heavy (non-hydrogen) atoms. The van der Waals surface area contributed by atoms with E-state index in [2.05, 4.69) is 117 Å². The minimum absolute atomic E-state index is 0.0455. The molecule has 7 aromatic carbocycles. The zero-order valence-electron chi connectivity index (χ0n) is 34.2. The van der Waals surface area contributed by atoms with E-state index in [1.54, 1.807) is 12.1 Å². The zero-order chi connectivity index (χ0) is 42.3. The van der Waals surface area contributed by atoms with Crippen LogP contribution in [0.1, 0.15) is 69.4 Å². The van der Waals surface area contributed by atoms with Crippen LogP contribution in [0, 0.1) is 22.7 Å². The summed E-state index contributed by atoms with van der Waals surface area (Å²) in [5.74, 6) is 0. The van der Waals surface area contributed by atoms with Gasteiger partial charge in [-0.25, -0.2) is 0 Å². The van der Waals surface area contributed by atoms with Crippen molar-refractivity contribution in [3.63, 3.8) is 0 Å². The van der Waals surface area contributed by atoms with E-state index < -0.39 is 11.7 Å². The molecule has 0 unspecified atom stereocenters. The van der Waals surface area contributed by atoms with Crippen LogP contribution in [0.2, 0.25) is 0 Å². The number of rotatable bonds is 4. The van der Waals surface area contributed by atoms with E-state index >= 15 is 0 Å². The van der Waals surface area contributed by atoms with Gasteiger partial charge in [-0.3, -0.25) is 0 Å². The number of hydrogen-bond acceptors (Lipinski definition) is 2. The first-order valence-corrected chi connectivity index (χ1v) is 20.0. The lowest BCUT2D eigenvalue weighted by atomic mass is 9.86. The Balaban J connectivity index is 1.42. The summed E-state index contributed by atoms with van der Waals surface area (Å²) in [6, 6.07) is 48.4. The lowest BCUT2D eigenvalue weighted by molar-refractivity contribution is -0.137. The molecule has 0 saturated heterocycles. The standard InChI is InChI=1S/C53H41F3N4/c1-51(2,3)35-18-23-49-42(28-35)38-11-7-9-13-45(38)59(49)47-21-16-32(30-57)25-40(47)41-27-34(37-20-15-33(31-58)26-44(37)53(54,55)56)17-22-48(41)60-46-14-10-8-12-39(46)43-29-36(52(4,5)6)19-24-50(43)60/h7-29H,1-6H3. The molecule has 0 aliphatic heterocycles. The van der Waals surface area contributed by atoms with Crippen molar-refractivity contribution in [1.29, 1.82) is 10.5 Å². The Bertz CT molecular complexity index is 3300. The average molecular weight is 791 g/mol. The second kappa shape index (κ2) is 13.8. The van der Waals surface area contributed by atoms with Crippen LogP contribution in [0.5, 0.6) is 0 Å². The van der Waals surface area contributed by atoms with Crippen LogP contribution in [0.3, 0.4) is 0 Å². The third kappa shape index (κ3) is 6.30. The van der Waals surface area contributed by atoms with Crippen LogP contribution in [0.15, 0.2) is 140 Å². The highest BCUT2D eigenvalue weighted by Crippen LogP contribution is 2.45. The summed E-state index contributed by atoms with van der Waals surface area (Å²) in [6.45, 7) is 13.1. The number of para-hydroxylation sites is 2. The highest BCUT2D eigenvalue weighted by atomic mass is 19.4. The summed E-state index contributed by atoms with van der Waals surface area (Å²) < 4.78 is 48.9. The van der Waals surface area contributed by atoms with Crippen LogP contribution < -0.4 is 0 Å². The Morgan fingerprint density at radius 3 is 1.38 bits per heavy atom. The molecule has 0 amide bonds. The average Bonchev–Trinajstić information content (AvgIpc) is 3.74. The van der Waals surface area contributed by atoms with E-state index in [0.717, 1.165) is 61.1 Å². The molecule has 294 valence electrons. The number of halogens is 3. The van der Waals surface area contributed by atoms with Gasteiger partial charge in [-0.1, -0.05) is 102 Å². The van der Waals surface area contributed by atoms with Crippen molar-refractivity contribution in [2.45, 2.75) is 58.5 Å². The third-order valence-corrected chi connectivity index (χ3v) is 11.7. The van der Waals surface area contributed by atoms with Gasteiger partial charge in [0.2, 0.25) is 0 Å².